The van der Waals surface area contributed by atoms with Gasteiger partial charge in [-0.25, -0.2) is 0 Å². The van der Waals surface area contributed by atoms with Crippen molar-refractivity contribution in [3.8, 4) is 5.75 Å². The van der Waals surface area contributed by atoms with E-state index in [1.54, 1.807) is 24.5 Å². The lowest BCUT2D eigenvalue weighted by atomic mass is 10.1. The van der Waals surface area contributed by atoms with Gasteiger partial charge in [-0.2, -0.15) is 0 Å². The highest BCUT2D eigenvalue weighted by Crippen LogP contribution is 2.12. The van der Waals surface area contributed by atoms with Crippen LogP contribution in [0.4, 0.5) is 0 Å². The van der Waals surface area contributed by atoms with Crippen LogP contribution in [-0.2, 0) is 6.42 Å². The summed E-state index contributed by atoms with van der Waals surface area (Å²) in [7, 11) is 0. The molecule has 112 valence electrons. The number of amides is 1. The van der Waals surface area contributed by atoms with Crippen LogP contribution in [0.2, 0.25) is 0 Å². The molecule has 0 saturated carbocycles. The van der Waals surface area contributed by atoms with E-state index in [0.29, 0.717) is 18.7 Å². The van der Waals surface area contributed by atoms with Gasteiger partial charge >= 0.3 is 0 Å². The molecule has 2 aromatic rings. The van der Waals surface area contributed by atoms with Crippen LogP contribution in [0.25, 0.3) is 0 Å². The standard InChI is InChI=1S/C16H18N2O2.ClH/c1-2-20-15-7-5-13(6-8-15)9-11-18-16(19)14-4-3-10-17-12-14;/h3-8,10,12H,2,9,11H2,1H3,(H,18,19);1H. The zero-order valence-corrected chi connectivity index (χ0v) is 12.7. The first-order chi connectivity index (χ1) is 9.79. The third-order valence-electron chi connectivity index (χ3n) is 2.86. The number of carbonyl (C=O) groups is 1. The van der Waals surface area contributed by atoms with Gasteiger partial charge < -0.3 is 10.1 Å². The lowest BCUT2D eigenvalue weighted by Crippen LogP contribution is -2.25. The number of ether oxygens (including phenoxy) is 1. The summed E-state index contributed by atoms with van der Waals surface area (Å²) in [5.41, 5.74) is 1.75. The molecule has 5 heteroatoms. The van der Waals surface area contributed by atoms with E-state index in [1.807, 2.05) is 31.2 Å². The molecule has 2 rings (SSSR count). The number of nitrogens with zero attached hydrogens (tertiary/aromatic N) is 1. The van der Waals surface area contributed by atoms with Crippen LogP contribution in [-0.4, -0.2) is 24.0 Å². The second-order valence-corrected chi connectivity index (χ2v) is 4.32. The van der Waals surface area contributed by atoms with Gasteiger partial charge in [-0.05, 0) is 43.2 Å². The lowest BCUT2D eigenvalue weighted by Gasteiger charge is -2.06. The van der Waals surface area contributed by atoms with Gasteiger partial charge in [0.2, 0.25) is 0 Å². The summed E-state index contributed by atoms with van der Waals surface area (Å²) in [5, 5.41) is 2.88. The van der Waals surface area contributed by atoms with Crippen molar-refractivity contribution >= 4 is 18.3 Å². The van der Waals surface area contributed by atoms with Gasteiger partial charge in [-0.1, -0.05) is 12.1 Å². The maximum Gasteiger partial charge on any atom is 0.252 e. The molecule has 0 radical (unpaired) electrons. The van der Waals surface area contributed by atoms with Crippen molar-refractivity contribution in [1.82, 2.24) is 10.3 Å². The van der Waals surface area contributed by atoms with E-state index >= 15 is 0 Å². The molecule has 1 N–H and O–H groups in total. The van der Waals surface area contributed by atoms with Gasteiger partial charge in [0.1, 0.15) is 5.75 Å². The minimum Gasteiger partial charge on any atom is -0.494 e. The maximum atomic E-state index is 11.8. The molecule has 1 amide bonds. The fraction of sp³-hybridized carbons (Fsp3) is 0.250. The fourth-order valence-electron chi connectivity index (χ4n) is 1.84. The van der Waals surface area contributed by atoms with Crippen molar-refractivity contribution in [2.45, 2.75) is 13.3 Å². The van der Waals surface area contributed by atoms with Crippen LogP contribution in [0.15, 0.2) is 48.8 Å². The first kappa shape index (κ1) is 17.0. The number of nitrogens with one attached hydrogen (secondary N) is 1. The number of aromatic nitrogens is 1. The van der Waals surface area contributed by atoms with E-state index in [-0.39, 0.29) is 18.3 Å². The van der Waals surface area contributed by atoms with Crippen LogP contribution in [0.3, 0.4) is 0 Å². The molecular weight excluding hydrogens is 288 g/mol. The number of hydrogen-bond acceptors (Lipinski definition) is 3. The Bertz CT molecular complexity index is 544. The highest BCUT2D eigenvalue weighted by molar-refractivity contribution is 5.93. The molecule has 0 aliphatic carbocycles. The molecule has 0 bridgehead atoms. The molecule has 0 unspecified atom stereocenters. The Labute approximate surface area is 131 Å². The molecular formula is C16H19ClN2O2. The molecule has 0 fully saturated rings. The highest BCUT2D eigenvalue weighted by atomic mass is 35.5. The van der Waals surface area contributed by atoms with E-state index in [2.05, 4.69) is 10.3 Å². The second-order valence-electron chi connectivity index (χ2n) is 4.32. The van der Waals surface area contributed by atoms with E-state index in [4.69, 9.17) is 4.74 Å². The zero-order valence-electron chi connectivity index (χ0n) is 11.9. The molecule has 1 aromatic heterocycles. The number of carbonyl (C=O) groups excluding carboxylic acids is 1. The zero-order chi connectivity index (χ0) is 14.2. The van der Waals surface area contributed by atoms with E-state index in [0.717, 1.165) is 12.2 Å². The summed E-state index contributed by atoms with van der Waals surface area (Å²) in [6, 6.07) is 11.4. The Morgan fingerprint density at radius 3 is 2.62 bits per heavy atom. The van der Waals surface area contributed by atoms with Crippen molar-refractivity contribution in [3.63, 3.8) is 0 Å². The summed E-state index contributed by atoms with van der Waals surface area (Å²) in [6.45, 7) is 3.23. The third kappa shape index (κ3) is 5.44. The summed E-state index contributed by atoms with van der Waals surface area (Å²) in [4.78, 5) is 15.7. The van der Waals surface area contributed by atoms with Gasteiger partial charge in [-0.3, -0.25) is 9.78 Å². The Kier molecular flexibility index (Phi) is 7.26. The van der Waals surface area contributed by atoms with Crippen LogP contribution in [0.5, 0.6) is 5.75 Å². The SMILES string of the molecule is CCOc1ccc(CCNC(=O)c2cccnc2)cc1.Cl. The van der Waals surface area contributed by atoms with Crippen LogP contribution >= 0.6 is 12.4 Å². The van der Waals surface area contributed by atoms with Crippen LogP contribution in [0.1, 0.15) is 22.8 Å². The number of halogens is 1. The Morgan fingerprint density at radius 2 is 2.00 bits per heavy atom. The van der Waals surface area contributed by atoms with E-state index in [9.17, 15) is 4.79 Å². The molecule has 0 aliphatic rings. The number of benzene rings is 1. The van der Waals surface area contributed by atoms with E-state index in [1.165, 1.54) is 5.56 Å². The summed E-state index contributed by atoms with van der Waals surface area (Å²) in [6.07, 6.45) is 4.00. The average Bonchev–Trinajstić information content (AvgIpc) is 2.50. The fourth-order valence-corrected chi connectivity index (χ4v) is 1.84. The van der Waals surface area contributed by atoms with Gasteiger partial charge in [0, 0.05) is 18.9 Å². The molecule has 0 spiro atoms. The number of pyridine rings is 1. The first-order valence-corrected chi connectivity index (χ1v) is 6.69. The van der Waals surface area contributed by atoms with Gasteiger partial charge in [0.25, 0.3) is 5.91 Å². The predicted octanol–water partition coefficient (Wildman–Crippen LogP) is 2.87. The third-order valence-corrected chi connectivity index (χ3v) is 2.86. The predicted molar refractivity (Wildman–Crippen MR) is 85.1 cm³/mol. The van der Waals surface area contributed by atoms with Gasteiger partial charge in [0.05, 0.1) is 12.2 Å². The minimum atomic E-state index is -0.0935. The Morgan fingerprint density at radius 1 is 1.24 bits per heavy atom. The summed E-state index contributed by atoms with van der Waals surface area (Å²) < 4.78 is 5.38. The Balaban J connectivity index is 0.00000220. The van der Waals surface area contributed by atoms with E-state index < -0.39 is 0 Å². The minimum absolute atomic E-state index is 0. The highest BCUT2D eigenvalue weighted by Gasteiger charge is 2.04. The van der Waals surface area contributed by atoms with Crippen molar-refractivity contribution < 1.29 is 9.53 Å². The topological polar surface area (TPSA) is 51.2 Å². The molecule has 0 saturated heterocycles. The monoisotopic (exact) mass is 306 g/mol. The lowest BCUT2D eigenvalue weighted by molar-refractivity contribution is 0.0954. The normalized spacial score (nSPS) is 9.57. The number of rotatable bonds is 6. The van der Waals surface area contributed by atoms with Crippen LogP contribution in [0, 0.1) is 0 Å². The molecule has 1 heterocycles. The largest absolute Gasteiger partial charge is 0.494 e. The quantitative estimate of drug-likeness (QED) is 0.893. The smallest absolute Gasteiger partial charge is 0.252 e. The van der Waals surface area contributed by atoms with Gasteiger partial charge in [-0.15, -0.1) is 12.4 Å². The molecule has 0 aliphatic heterocycles. The van der Waals surface area contributed by atoms with Gasteiger partial charge in [0.15, 0.2) is 0 Å². The first-order valence-electron chi connectivity index (χ1n) is 6.69. The van der Waals surface area contributed by atoms with Crippen molar-refractivity contribution in [3.05, 3.63) is 59.9 Å². The average molecular weight is 307 g/mol. The maximum absolute atomic E-state index is 11.8. The summed E-state index contributed by atoms with van der Waals surface area (Å²) >= 11 is 0. The van der Waals surface area contributed by atoms with Crippen molar-refractivity contribution in [2.24, 2.45) is 0 Å². The van der Waals surface area contributed by atoms with Crippen molar-refractivity contribution in [1.29, 1.82) is 0 Å². The second kappa shape index (κ2) is 8.97. The molecule has 21 heavy (non-hydrogen) atoms. The molecule has 1 aromatic carbocycles. The van der Waals surface area contributed by atoms with Crippen molar-refractivity contribution in [2.75, 3.05) is 13.2 Å². The molecule has 4 nitrogen and oxygen atoms in total. The number of hydrogen-bond donors (Lipinski definition) is 1. The molecule has 0 atom stereocenters. The van der Waals surface area contributed by atoms with Crippen LogP contribution < -0.4 is 10.1 Å². The summed E-state index contributed by atoms with van der Waals surface area (Å²) in [5.74, 6) is 0.777. The Hall–Kier alpha value is -2.07.